The monoisotopic (exact) mass is 976 g/mol. The molecule has 0 saturated heterocycles. The third-order valence-electron chi connectivity index (χ3n) is 18.5. The fourth-order valence-electron chi connectivity index (χ4n) is 15.0. The van der Waals surface area contributed by atoms with Gasteiger partial charge in [-0.1, -0.05) is 223 Å². The van der Waals surface area contributed by atoms with Gasteiger partial charge >= 0.3 is 0 Å². The maximum Gasteiger partial charge on any atom is 0.242 e. The lowest BCUT2D eigenvalue weighted by molar-refractivity contribution is 0.402. The maximum absolute atomic E-state index is 2.75. The van der Waals surface area contributed by atoms with Gasteiger partial charge in [-0.05, 0) is 188 Å². The molecule has 382 valence electrons. The molecule has 0 N–H and O–H groups in total. The van der Waals surface area contributed by atoms with E-state index < -0.39 is 0 Å². The summed E-state index contributed by atoms with van der Waals surface area (Å²) in [5, 5.41) is 0. The Balaban J connectivity index is 1.27. The zero-order chi connectivity index (χ0) is 53.2. The molecule has 7 aromatic rings. The van der Waals surface area contributed by atoms with Gasteiger partial charge in [-0.2, -0.15) is 0 Å². The first-order valence-electron chi connectivity index (χ1n) is 28.2. The van der Waals surface area contributed by atoms with E-state index in [1.165, 1.54) is 94.4 Å². The molecule has 2 unspecified atom stereocenters. The van der Waals surface area contributed by atoms with E-state index in [2.05, 4.69) is 263 Å². The number of hydrogen-bond acceptors (Lipinski definition) is 1. The van der Waals surface area contributed by atoms with Gasteiger partial charge in [-0.25, -0.2) is 0 Å². The summed E-state index contributed by atoms with van der Waals surface area (Å²) in [6.45, 7) is 43.8. The van der Waals surface area contributed by atoms with Gasteiger partial charge in [0.1, 0.15) is 0 Å². The Morgan fingerprint density at radius 1 is 0.486 bits per heavy atom. The van der Waals surface area contributed by atoms with Gasteiger partial charge in [0.2, 0.25) is 6.71 Å². The first-order valence-corrected chi connectivity index (χ1v) is 28.2. The molecule has 2 atom stereocenters. The van der Waals surface area contributed by atoms with Crippen molar-refractivity contribution < 1.29 is 0 Å². The van der Waals surface area contributed by atoms with Crippen LogP contribution in [-0.2, 0) is 38.9 Å². The molecule has 0 fully saturated rings. The second kappa shape index (κ2) is 18.0. The van der Waals surface area contributed by atoms with Crippen LogP contribution in [-0.4, -0.2) is 6.71 Å². The van der Waals surface area contributed by atoms with Crippen LogP contribution in [0.3, 0.4) is 0 Å². The molecule has 7 aromatic carbocycles. The van der Waals surface area contributed by atoms with Gasteiger partial charge in [0.15, 0.2) is 0 Å². The van der Waals surface area contributed by atoms with Gasteiger partial charge in [0, 0.05) is 28.9 Å². The second-order valence-corrected chi connectivity index (χ2v) is 28.2. The lowest BCUT2D eigenvalue weighted by Gasteiger charge is -2.39. The van der Waals surface area contributed by atoms with E-state index in [9.17, 15) is 0 Å². The Labute approximate surface area is 448 Å². The van der Waals surface area contributed by atoms with Crippen molar-refractivity contribution in [1.82, 2.24) is 0 Å². The van der Waals surface area contributed by atoms with Crippen molar-refractivity contribution in [3.8, 4) is 0 Å². The van der Waals surface area contributed by atoms with Gasteiger partial charge in [0.05, 0.1) is 0 Å². The summed E-state index contributed by atoms with van der Waals surface area (Å²) in [4.78, 5) is 2.48. The summed E-state index contributed by atoms with van der Waals surface area (Å²) in [7, 11) is 0. The molecule has 2 aliphatic carbocycles. The molecular weight excluding hydrogens is 890 g/mol. The summed E-state index contributed by atoms with van der Waals surface area (Å²) in [6, 6.07) is 52.8. The number of benzene rings is 7. The predicted octanol–water partition coefficient (Wildman–Crippen LogP) is 17.3. The Kier molecular flexibility index (Phi) is 12.6. The molecule has 10 rings (SSSR count). The van der Waals surface area contributed by atoms with Crippen LogP contribution in [0, 0.1) is 20.8 Å². The SMILES string of the molecule is Cc1cc(C(C)(C)C)ccc1CCC1c2cc3c(cc2B(c2cc(N(c4ccccc4)c4ccccc4)ccc2C(C)c2cc4c(cc2C)C(C)(C)CC4(C)C)c2c(C)cc(C(C)(C)C)cc21)C(C)(C)CC3(C)C. The quantitative estimate of drug-likeness (QED) is 0.130. The number of nitrogens with zero attached hydrogens (tertiary/aromatic N) is 1. The lowest BCUT2D eigenvalue weighted by atomic mass is 9.31. The molecular formula is C72H86BN. The van der Waals surface area contributed by atoms with Crippen molar-refractivity contribution in [1.29, 1.82) is 0 Å². The van der Waals surface area contributed by atoms with Crippen LogP contribution in [0.4, 0.5) is 17.1 Å². The van der Waals surface area contributed by atoms with E-state index in [0.29, 0.717) is 0 Å². The molecule has 0 radical (unpaired) electrons. The molecule has 0 spiro atoms. The van der Waals surface area contributed by atoms with Gasteiger partial charge in [0.25, 0.3) is 0 Å². The second-order valence-electron chi connectivity index (χ2n) is 28.2. The van der Waals surface area contributed by atoms with Gasteiger partial charge < -0.3 is 4.90 Å². The molecule has 0 amide bonds. The van der Waals surface area contributed by atoms with Crippen molar-refractivity contribution in [2.45, 2.75) is 195 Å². The zero-order valence-electron chi connectivity index (χ0n) is 48.7. The number of fused-ring (bicyclic) bond motifs is 4. The van der Waals surface area contributed by atoms with E-state index in [-0.39, 0.29) is 51.0 Å². The first-order chi connectivity index (χ1) is 34.6. The Morgan fingerprint density at radius 3 is 1.57 bits per heavy atom. The highest BCUT2D eigenvalue weighted by Crippen LogP contribution is 2.53. The number of aryl methyl sites for hydroxylation is 4. The number of hydrogen-bond donors (Lipinski definition) is 0. The Hall–Kier alpha value is -5.60. The van der Waals surface area contributed by atoms with Crippen molar-refractivity contribution in [3.63, 3.8) is 0 Å². The zero-order valence-corrected chi connectivity index (χ0v) is 48.7. The van der Waals surface area contributed by atoms with Crippen LogP contribution in [0.15, 0.2) is 133 Å². The highest BCUT2D eigenvalue weighted by molar-refractivity contribution is 6.97. The van der Waals surface area contributed by atoms with E-state index in [4.69, 9.17) is 0 Å². The molecule has 0 saturated carbocycles. The summed E-state index contributed by atoms with van der Waals surface area (Å²) in [5.41, 5.74) is 29.0. The average Bonchev–Trinajstić information content (AvgIpc) is 3.63. The topological polar surface area (TPSA) is 3.24 Å². The molecule has 74 heavy (non-hydrogen) atoms. The van der Waals surface area contributed by atoms with Crippen molar-refractivity contribution in [2.24, 2.45) is 0 Å². The third-order valence-corrected chi connectivity index (χ3v) is 18.5. The maximum atomic E-state index is 2.75. The Bertz CT molecular complexity index is 3250. The van der Waals surface area contributed by atoms with Crippen LogP contribution in [0.2, 0.25) is 0 Å². The predicted molar refractivity (Wildman–Crippen MR) is 322 cm³/mol. The van der Waals surface area contributed by atoms with E-state index >= 15 is 0 Å². The highest BCUT2D eigenvalue weighted by atomic mass is 15.1. The number of para-hydroxylation sites is 2. The van der Waals surface area contributed by atoms with E-state index in [0.717, 1.165) is 37.1 Å². The van der Waals surface area contributed by atoms with Crippen LogP contribution in [0.25, 0.3) is 0 Å². The van der Waals surface area contributed by atoms with Gasteiger partial charge in [-0.3, -0.25) is 0 Å². The first kappa shape index (κ1) is 51.9. The van der Waals surface area contributed by atoms with E-state index in [1.807, 2.05) is 0 Å². The fraction of sp³-hybridized carbons (Fsp3) is 0.417. The summed E-state index contributed by atoms with van der Waals surface area (Å²) in [5.74, 6) is 0.385. The third kappa shape index (κ3) is 9.03. The minimum Gasteiger partial charge on any atom is -0.311 e. The van der Waals surface area contributed by atoms with Crippen molar-refractivity contribution in [2.75, 3.05) is 4.90 Å². The van der Waals surface area contributed by atoms with E-state index in [1.54, 1.807) is 5.56 Å². The Morgan fingerprint density at radius 2 is 1.01 bits per heavy atom. The molecule has 1 heterocycles. The van der Waals surface area contributed by atoms with Gasteiger partial charge in [-0.15, -0.1) is 0 Å². The normalized spacial score (nSPS) is 18.4. The highest BCUT2D eigenvalue weighted by Gasteiger charge is 2.47. The van der Waals surface area contributed by atoms with Crippen molar-refractivity contribution in [3.05, 3.63) is 211 Å². The van der Waals surface area contributed by atoms with Crippen LogP contribution >= 0.6 is 0 Å². The minimum absolute atomic E-state index is 0.0116. The fourth-order valence-corrected chi connectivity index (χ4v) is 15.0. The van der Waals surface area contributed by atoms with Crippen LogP contribution in [0.5, 0.6) is 0 Å². The lowest BCUT2D eigenvalue weighted by Crippen LogP contribution is -2.60. The molecule has 3 aliphatic rings. The molecule has 0 aromatic heterocycles. The average molecular weight is 976 g/mol. The van der Waals surface area contributed by atoms with Crippen LogP contribution < -0.4 is 21.3 Å². The number of rotatable bonds is 9. The summed E-state index contributed by atoms with van der Waals surface area (Å²) < 4.78 is 0. The minimum atomic E-state index is -0.0116. The largest absolute Gasteiger partial charge is 0.311 e. The molecule has 0 bridgehead atoms. The number of anilines is 3. The standard InChI is InChI=1S/C72H86BN/c1-45-35-50(67(5,6)7)31-29-49(45)30-33-56-58-41-62-63(72(17,18)44-71(62,15)16)42-65(58)73(66-47(3)36-51(38-59(56)66)68(8,9)10)64-39-54(74(52-25-21-19-22-26-52)53-27-23-20-24-28-53)32-34-55(64)48(4)57-40-61-60(37-46(57)2)69(11,12)43-70(61,13)14/h19-29,31-32,34-42,48,56H,30,33,43-44H2,1-18H3. The molecule has 2 heteroatoms. The summed E-state index contributed by atoms with van der Waals surface area (Å²) in [6.07, 6.45) is 4.38. The van der Waals surface area contributed by atoms with Crippen molar-refractivity contribution >= 4 is 40.2 Å². The van der Waals surface area contributed by atoms with Crippen LogP contribution in [0.1, 0.15) is 213 Å². The summed E-state index contributed by atoms with van der Waals surface area (Å²) >= 11 is 0. The molecule has 1 aliphatic heterocycles. The molecule has 1 nitrogen and oxygen atoms in total. The smallest absolute Gasteiger partial charge is 0.242 e.